The Morgan fingerprint density at radius 2 is 1.95 bits per heavy atom. The Kier molecular flexibility index (Phi) is 3.93. The minimum atomic E-state index is -4.50. The topological polar surface area (TPSA) is 110 Å². The van der Waals surface area contributed by atoms with Crippen molar-refractivity contribution in [1.29, 1.82) is 0 Å². The molecular formula is C11H12N3O4S2-. The quantitative estimate of drug-likeness (QED) is 0.667. The minimum absolute atomic E-state index is 0.127. The van der Waals surface area contributed by atoms with Crippen molar-refractivity contribution in [2.24, 2.45) is 7.05 Å². The van der Waals surface area contributed by atoms with E-state index in [1.165, 1.54) is 4.57 Å². The highest BCUT2D eigenvalue weighted by Crippen LogP contribution is 2.35. The lowest BCUT2D eigenvalue weighted by Gasteiger charge is -2.09. The first-order valence-corrected chi connectivity index (χ1v) is 8.18. The number of hydrogen-bond acceptors (Lipinski definition) is 7. The average Bonchev–Trinajstić information content (AvgIpc) is 2.65. The van der Waals surface area contributed by atoms with Crippen molar-refractivity contribution in [3.8, 4) is 17.0 Å². The Morgan fingerprint density at radius 3 is 2.45 bits per heavy atom. The number of nitrogens with zero attached hydrogens (tertiary/aromatic N) is 2. The first kappa shape index (κ1) is 14.7. The van der Waals surface area contributed by atoms with Crippen molar-refractivity contribution in [1.82, 2.24) is 9.55 Å². The van der Waals surface area contributed by atoms with Gasteiger partial charge in [-0.15, -0.1) is 0 Å². The zero-order chi connectivity index (χ0) is 14.9. The molecule has 9 heteroatoms. The molecule has 2 aromatic rings. The van der Waals surface area contributed by atoms with Gasteiger partial charge in [0.25, 0.3) is 0 Å². The molecule has 2 rings (SSSR count). The summed E-state index contributed by atoms with van der Waals surface area (Å²) in [6, 6.07) is 6.84. The van der Waals surface area contributed by atoms with Crippen LogP contribution in [0.5, 0.6) is 5.75 Å². The van der Waals surface area contributed by atoms with Gasteiger partial charge in [0.2, 0.25) is 5.95 Å². The molecule has 108 valence electrons. The van der Waals surface area contributed by atoms with Crippen molar-refractivity contribution in [2.75, 3.05) is 12.8 Å². The summed E-state index contributed by atoms with van der Waals surface area (Å²) in [7, 11) is -1.23. The molecule has 7 nitrogen and oxygen atoms in total. The summed E-state index contributed by atoms with van der Waals surface area (Å²) < 4.78 is 39.3. The van der Waals surface area contributed by atoms with E-state index in [0.29, 0.717) is 17.0 Å². The SMILES string of the molecule is COc1ccc(-c2nc(N)n(C)c2SS(=O)(=O)[O-])cc1. The van der Waals surface area contributed by atoms with E-state index in [1.807, 2.05) is 0 Å². The molecule has 0 spiro atoms. The van der Waals surface area contributed by atoms with Gasteiger partial charge in [-0.1, -0.05) is 0 Å². The summed E-state index contributed by atoms with van der Waals surface area (Å²) in [5.74, 6) is 0.783. The van der Waals surface area contributed by atoms with Crippen LogP contribution in [-0.4, -0.2) is 29.6 Å². The van der Waals surface area contributed by atoms with Crippen LogP contribution in [0.25, 0.3) is 11.3 Å². The number of ether oxygens (including phenoxy) is 1. The van der Waals surface area contributed by atoms with Gasteiger partial charge in [-0.2, -0.15) is 0 Å². The highest BCUT2D eigenvalue weighted by atomic mass is 33.1. The van der Waals surface area contributed by atoms with Crippen LogP contribution in [0, 0.1) is 0 Å². The number of nitrogens with two attached hydrogens (primary N) is 1. The van der Waals surface area contributed by atoms with Gasteiger partial charge in [0.15, 0.2) is 9.15 Å². The molecule has 0 saturated carbocycles. The molecule has 0 radical (unpaired) electrons. The molecule has 1 aromatic carbocycles. The zero-order valence-electron chi connectivity index (χ0n) is 10.7. The predicted molar refractivity (Wildman–Crippen MR) is 75.2 cm³/mol. The number of aromatic nitrogens is 2. The van der Waals surface area contributed by atoms with E-state index in [9.17, 15) is 13.0 Å². The van der Waals surface area contributed by atoms with Gasteiger partial charge in [0.05, 0.1) is 7.11 Å². The largest absolute Gasteiger partial charge is 0.739 e. The van der Waals surface area contributed by atoms with Gasteiger partial charge in [-0.25, -0.2) is 13.4 Å². The fraction of sp³-hybridized carbons (Fsp3) is 0.182. The maximum atomic E-state index is 11.0. The van der Waals surface area contributed by atoms with Crippen molar-refractivity contribution < 1.29 is 17.7 Å². The van der Waals surface area contributed by atoms with Crippen molar-refractivity contribution in [3.05, 3.63) is 24.3 Å². The van der Waals surface area contributed by atoms with Gasteiger partial charge < -0.3 is 19.6 Å². The number of hydrogen-bond donors (Lipinski definition) is 1. The van der Waals surface area contributed by atoms with Gasteiger partial charge >= 0.3 is 0 Å². The van der Waals surface area contributed by atoms with Crippen LogP contribution >= 0.6 is 10.8 Å². The first-order chi connectivity index (χ1) is 9.31. The molecule has 1 aromatic heterocycles. The van der Waals surface area contributed by atoms with Crippen molar-refractivity contribution >= 4 is 25.9 Å². The van der Waals surface area contributed by atoms with Gasteiger partial charge in [-0.3, -0.25) is 0 Å². The third-order valence-corrected chi connectivity index (χ3v) is 4.54. The smallest absolute Gasteiger partial charge is 0.201 e. The minimum Gasteiger partial charge on any atom is -0.739 e. The molecule has 20 heavy (non-hydrogen) atoms. The zero-order valence-corrected chi connectivity index (χ0v) is 12.4. The Balaban J connectivity index is 2.52. The molecule has 0 amide bonds. The molecule has 2 N–H and O–H groups in total. The predicted octanol–water partition coefficient (Wildman–Crippen LogP) is 1.23. The first-order valence-electron chi connectivity index (χ1n) is 5.43. The summed E-state index contributed by atoms with van der Waals surface area (Å²) in [5.41, 5.74) is 6.66. The van der Waals surface area contributed by atoms with Crippen LogP contribution in [0.4, 0.5) is 5.95 Å². The lowest BCUT2D eigenvalue weighted by Crippen LogP contribution is -2.00. The summed E-state index contributed by atoms with van der Waals surface area (Å²) in [6.45, 7) is 0. The van der Waals surface area contributed by atoms with Gasteiger partial charge in [0, 0.05) is 23.4 Å². The Labute approximate surface area is 119 Å². The number of imidazole rings is 1. The van der Waals surface area contributed by atoms with Crippen LogP contribution in [0.2, 0.25) is 0 Å². The maximum absolute atomic E-state index is 11.0. The molecular weight excluding hydrogens is 302 g/mol. The summed E-state index contributed by atoms with van der Waals surface area (Å²) in [6.07, 6.45) is 0. The van der Waals surface area contributed by atoms with Crippen LogP contribution in [0.15, 0.2) is 29.3 Å². The standard InChI is InChI=1S/C11H13N3O4S2/c1-14-10(19-20(15,16)17)9(13-11(14)12)7-3-5-8(18-2)6-4-7/h3-6H,1-2H3,(H2,12,13)(H,15,16,17)/p-1. The van der Waals surface area contributed by atoms with E-state index in [4.69, 9.17) is 10.5 Å². The molecule has 0 aliphatic rings. The van der Waals surface area contributed by atoms with E-state index in [0.717, 1.165) is 0 Å². The number of benzene rings is 1. The molecule has 1 heterocycles. The molecule has 0 saturated heterocycles. The number of anilines is 1. The second-order valence-electron chi connectivity index (χ2n) is 3.90. The second-order valence-corrected chi connectivity index (χ2v) is 7.00. The number of nitrogen functional groups attached to an aromatic ring is 1. The monoisotopic (exact) mass is 314 g/mol. The van der Waals surface area contributed by atoms with Crippen LogP contribution in [0.1, 0.15) is 0 Å². The normalized spacial score (nSPS) is 11.6. The molecule has 0 aliphatic carbocycles. The summed E-state index contributed by atoms with van der Waals surface area (Å²) in [4.78, 5) is 4.10. The van der Waals surface area contributed by atoms with Crippen LogP contribution in [0.3, 0.4) is 0 Å². The average molecular weight is 314 g/mol. The lowest BCUT2D eigenvalue weighted by atomic mass is 10.1. The maximum Gasteiger partial charge on any atom is 0.201 e. The van der Waals surface area contributed by atoms with Crippen molar-refractivity contribution in [3.63, 3.8) is 0 Å². The highest BCUT2D eigenvalue weighted by Gasteiger charge is 2.17. The Morgan fingerprint density at radius 1 is 1.35 bits per heavy atom. The van der Waals surface area contributed by atoms with E-state index in [2.05, 4.69) is 4.98 Å². The molecule has 0 unspecified atom stereocenters. The van der Waals surface area contributed by atoms with Crippen molar-refractivity contribution in [2.45, 2.75) is 5.03 Å². The molecule has 0 aliphatic heterocycles. The van der Waals surface area contributed by atoms with E-state index in [-0.39, 0.29) is 21.8 Å². The van der Waals surface area contributed by atoms with E-state index >= 15 is 0 Å². The van der Waals surface area contributed by atoms with Gasteiger partial charge in [-0.05, 0) is 24.3 Å². The highest BCUT2D eigenvalue weighted by molar-refractivity contribution is 8.69. The van der Waals surface area contributed by atoms with Gasteiger partial charge in [0.1, 0.15) is 16.5 Å². The summed E-state index contributed by atoms with van der Waals surface area (Å²) >= 11 is 0. The van der Waals surface area contributed by atoms with E-state index in [1.54, 1.807) is 38.4 Å². The third kappa shape index (κ3) is 3.06. The molecule has 0 bridgehead atoms. The third-order valence-electron chi connectivity index (χ3n) is 2.62. The summed E-state index contributed by atoms with van der Waals surface area (Å²) in [5, 5.41) is 0.183. The van der Waals surface area contributed by atoms with Crippen LogP contribution < -0.4 is 10.5 Å². The Bertz CT molecular complexity index is 723. The lowest BCUT2D eigenvalue weighted by molar-refractivity contribution is 0.415. The fourth-order valence-electron chi connectivity index (χ4n) is 1.63. The van der Waals surface area contributed by atoms with E-state index < -0.39 is 9.15 Å². The number of methoxy groups -OCH3 is 1. The van der Waals surface area contributed by atoms with Crippen LogP contribution in [-0.2, 0) is 16.2 Å². The Hall–Kier alpha value is -1.71. The fourth-order valence-corrected chi connectivity index (χ4v) is 3.42. The number of rotatable bonds is 4. The molecule has 0 fully saturated rings. The second kappa shape index (κ2) is 5.35. The molecule has 0 atom stereocenters.